The zero-order valence-electron chi connectivity index (χ0n) is 8.82. The number of hydrogen-bond donors (Lipinski definition) is 1. The summed E-state index contributed by atoms with van der Waals surface area (Å²) in [4.78, 5) is 16.6. The van der Waals surface area contributed by atoms with Crippen LogP contribution >= 0.6 is 11.3 Å². The predicted octanol–water partition coefficient (Wildman–Crippen LogP) is 2.74. The number of carboxylic acid groups (broad SMARTS) is 1. The van der Waals surface area contributed by atoms with E-state index in [1.54, 1.807) is 5.51 Å². The minimum absolute atomic E-state index is 0.635. The molecule has 0 aromatic carbocycles. The lowest BCUT2D eigenvalue weighted by atomic mass is 9.72. The molecule has 1 aliphatic rings. The number of aromatic nitrogens is 1. The first-order valence-corrected chi connectivity index (χ1v) is 6.19. The van der Waals surface area contributed by atoms with E-state index < -0.39 is 11.4 Å². The lowest BCUT2D eigenvalue weighted by molar-refractivity contribution is -0.145. The monoisotopic (exact) mass is 225 g/mol. The Labute approximate surface area is 93.2 Å². The van der Waals surface area contributed by atoms with Gasteiger partial charge in [0.05, 0.1) is 11.2 Å². The molecule has 15 heavy (non-hydrogen) atoms. The molecule has 1 aromatic heterocycles. The van der Waals surface area contributed by atoms with Crippen LogP contribution in [-0.4, -0.2) is 16.1 Å². The maximum absolute atomic E-state index is 11.5. The second-order valence-corrected chi connectivity index (χ2v) is 5.07. The van der Waals surface area contributed by atoms with Crippen LogP contribution in [0, 0.1) is 6.92 Å². The predicted molar refractivity (Wildman–Crippen MR) is 59.2 cm³/mol. The minimum atomic E-state index is -0.672. The molecule has 1 saturated carbocycles. The van der Waals surface area contributed by atoms with Gasteiger partial charge in [0.2, 0.25) is 0 Å². The number of aliphatic carboxylic acids is 1. The lowest BCUT2D eigenvalue weighted by Crippen LogP contribution is -2.37. The van der Waals surface area contributed by atoms with Crippen molar-refractivity contribution >= 4 is 17.3 Å². The van der Waals surface area contributed by atoms with E-state index in [4.69, 9.17) is 0 Å². The van der Waals surface area contributed by atoms with E-state index in [2.05, 4.69) is 4.98 Å². The average Bonchev–Trinajstić information content (AvgIpc) is 2.66. The molecule has 3 nitrogen and oxygen atoms in total. The molecule has 1 fully saturated rings. The quantitative estimate of drug-likeness (QED) is 0.842. The molecule has 0 aliphatic heterocycles. The summed E-state index contributed by atoms with van der Waals surface area (Å²) in [6.07, 6.45) is 4.73. The molecule has 0 spiro atoms. The first-order valence-electron chi connectivity index (χ1n) is 5.31. The van der Waals surface area contributed by atoms with E-state index in [0.717, 1.165) is 42.7 Å². The molecule has 1 aliphatic carbocycles. The Kier molecular flexibility index (Phi) is 2.78. The van der Waals surface area contributed by atoms with Crippen LogP contribution < -0.4 is 0 Å². The Morgan fingerprint density at radius 2 is 2.13 bits per heavy atom. The van der Waals surface area contributed by atoms with Crippen LogP contribution in [0.5, 0.6) is 0 Å². The molecule has 1 aromatic rings. The molecule has 1 heterocycles. The van der Waals surface area contributed by atoms with Crippen molar-refractivity contribution in [2.45, 2.75) is 44.4 Å². The highest BCUT2D eigenvalue weighted by Gasteiger charge is 2.43. The highest BCUT2D eigenvalue weighted by molar-refractivity contribution is 7.10. The highest BCUT2D eigenvalue weighted by atomic mass is 32.1. The number of nitrogens with zero attached hydrogens (tertiary/aromatic N) is 1. The van der Waals surface area contributed by atoms with E-state index in [9.17, 15) is 9.90 Å². The van der Waals surface area contributed by atoms with Crippen LogP contribution in [-0.2, 0) is 10.2 Å². The third kappa shape index (κ3) is 1.67. The number of aryl methyl sites for hydroxylation is 1. The van der Waals surface area contributed by atoms with Crippen molar-refractivity contribution in [3.05, 3.63) is 16.1 Å². The molecule has 2 rings (SSSR count). The van der Waals surface area contributed by atoms with E-state index in [0.29, 0.717) is 0 Å². The van der Waals surface area contributed by atoms with Crippen LogP contribution in [0.3, 0.4) is 0 Å². The van der Waals surface area contributed by atoms with Crippen LogP contribution in [0.4, 0.5) is 0 Å². The summed E-state index contributed by atoms with van der Waals surface area (Å²) in [6, 6.07) is 0. The fourth-order valence-electron chi connectivity index (χ4n) is 2.45. The van der Waals surface area contributed by atoms with Gasteiger partial charge in [-0.2, -0.15) is 0 Å². The molecule has 0 amide bonds. The number of rotatable bonds is 2. The summed E-state index contributed by atoms with van der Waals surface area (Å²) in [5.41, 5.74) is 2.01. The third-order valence-electron chi connectivity index (χ3n) is 3.30. The standard InChI is InChI=1S/C11H15NO2S/c1-8-9(15-7-12-8)11(10(13)14)5-3-2-4-6-11/h7H,2-6H2,1H3,(H,13,14). The summed E-state index contributed by atoms with van der Waals surface area (Å²) < 4.78 is 0. The normalized spacial score (nSPS) is 20.1. The van der Waals surface area contributed by atoms with Crippen molar-refractivity contribution in [3.63, 3.8) is 0 Å². The summed E-state index contributed by atoms with van der Waals surface area (Å²) in [7, 11) is 0. The zero-order valence-corrected chi connectivity index (χ0v) is 9.64. The van der Waals surface area contributed by atoms with Crippen molar-refractivity contribution in [1.29, 1.82) is 0 Å². The molecule has 0 radical (unpaired) electrons. The fraction of sp³-hybridized carbons (Fsp3) is 0.636. The molecule has 0 bridgehead atoms. The lowest BCUT2D eigenvalue weighted by Gasteiger charge is -2.32. The van der Waals surface area contributed by atoms with Gasteiger partial charge in [-0.3, -0.25) is 4.79 Å². The van der Waals surface area contributed by atoms with Gasteiger partial charge >= 0.3 is 5.97 Å². The van der Waals surface area contributed by atoms with Gasteiger partial charge in [-0.15, -0.1) is 11.3 Å². The Morgan fingerprint density at radius 1 is 1.47 bits per heavy atom. The number of thiazole rings is 1. The molecular formula is C11H15NO2S. The van der Waals surface area contributed by atoms with Gasteiger partial charge in [0.15, 0.2) is 0 Å². The van der Waals surface area contributed by atoms with Gasteiger partial charge in [-0.1, -0.05) is 19.3 Å². The highest BCUT2D eigenvalue weighted by Crippen LogP contribution is 2.42. The Hall–Kier alpha value is -0.900. The van der Waals surface area contributed by atoms with E-state index in [-0.39, 0.29) is 0 Å². The van der Waals surface area contributed by atoms with Crippen LogP contribution in [0.25, 0.3) is 0 Å². The van der Waals surface area contributed by atoms with Crippen LogP contribution in [0.1, 0.15) is 42.7 Å². The Bertz CT molecular complexity index is 366. The second-order valence-electron chi connectivity index (χ2n) is 4.21. The van der Waals surface area contributed by atoms with Gasteiger partial charge in [-0.25, -0.2) is 4.98 Å². The number of carbonyl (C=O) groups is 1. The summed E-state index contributed by atoms with van der Waals surface area (Å²) >= 11 is 1.49. The first kappa shape index (κ1) is 10.6. The summed E-state index contributed by atoms with van der Waals surface area (Å²) in [5, 5.41) is 9.46. The van der Waals surface area contributed by atoms with Crippen LogP contribution in [0.15, 0.2) is 5.51 Å². The molecular weight excluding hydrogens is 210 g/mol. The zero-order chi connectivity index (χ0) is 10.9. The number of carboxylic acids is 1. The largest absolute Gasteiger partial charge is 0.481 e. The van der Waals surface area contributed by atoms with E-state index >= 15 is 0 Å². The maximum Gasteiger partial charge on any atom is 0.315 e. The minimum Gasteiger partial charge on any atom is -0.481 e. The number of hydrogen-bond acceptors (Lipinski definition) is 3. The van der Waals surface area contributed by atoms with Crippen molar-refractivity contribution in [2.75, 3.05) is 0 Å². The molecule has 0 atom stereocenters. The Balaban J connectivity index is 2.42. The van der Waals surface area contributed by atoms with Gasteiger partial charge in [0.25, 0.3) is 0 Å². The van der Waals surface area contributed by atoms with Crippen molar-refractivity contribution in [3.8, 4) is 0 Å². The third-order valence-corrected chi connectivity index (χ3v) is 4.43. The van der Waals surface area contributed by atoms with Crippen molar-refractivity contribution < 1.29 is 9.90 Å². The van der Waals surface area contributed by atoms with E-state index in [1.165, 1.54) is 11.3 Å². The summed E-state index contributed by atoms with van der Waals surface area (Å²) in [5.74, 6) is -0.672. The van der Waals surface area contributed by atoms with Crippen LogP contribution in [0.2, 0.25) is 0 Å². The first-order chi connectivity index (χ1) is 7.17. The smallest absolute Gasteiger partial charge is 0.315 e. The topological polar surface area (TPSA) is 50.2 Å². The fourth-order valence-corrected chi connectivity index (χ4v) is 3.51. The molecule has 4 heteroatoms. The second kappa shape index (κ2) is 3.93. The van der Waals surface area contributed by atoms with Crippen molar-refractivity contribution in [2.24, 2.45) is 0 Å². The summed E-state index contributed by atoms with van der Waals surface area (Å²) in [6.45, 7) is 1.91. The average molecular weight is 225 g/mol. The molecule has 1 N–H and O–H groups in total. The van der Waals surface area contributed by atoms with Gasteiger partial charge in [0, 0.05) is 4.88 Å². The molecule has 82 valence electrons. The van der Waals surface area contributed by atoms with Gasteiger partial charge in [0.1, 0.15) is 5.41 Å². The van der Waals surface area contributed by atoms with Gasteiger partial charge < -0.3 is 5.11 Å². The molecule has 0 unspecified atom stereocenters. The van der Waals surface area contributed by atoms with Crippen molar-refractivity contribution in [1.82, 2.24) is 4.98 Å². The molecule has 0 saturated heterocycles. The SMILES string of the molecule is Cc1ncsc1C1(C(=O)O)CCCCC1. The van der Waals surface area contributed by atoms with Gasteiger partial charge in [-0.05, 0) is 19.8 Å². The maximum atomic E-state index is 11.5. The Morgan fingerprint density at radius 3 is 2.60 bits per heavy atom. The van der Waals surface area contributed by atoms with E-state index in [1.807, 2.05) is 6.92 Å².